The van der Waals surface area contributed by atoms with E-state index in [1.807, 2.05) is 19.1 Å². The van der Waals surface area contributed by atoms with Crippen molar-refractivity contribution in [2.45, 2.75) is 39.5 Å². The van der Waals surface area contributed by atoms with Crippen molar-refractivity contribution in [2.24, 2.45) is 0 Å². The van der Waals surface area contributed by atoms with E-state index in [0.29, 0.717) is 6.42 Å². The second kappa shape index (κ2) is 4.85. The van der Waals surface area contributed by atoms with Crippen LogP contribution in [-0.4, -0.2) is 5.78 Å². The third kappa shape index (κ3) is 3.92. The fraction of sp³-hybridized carbons (Fsp3) is 0.545. The van der Waals surface area contributed by atoms with E-state index < -0.39 is 0 Å². The molecule has 0 radical (unpaired) electrons. The van der Waals surface area contributed by atoms with Gasteiger partial charge in [0.25, 0.3) is 0 Å². The van der Waals surface area contributed by atoms with Crippen molar-refractivity contribution < 1.29 is 9.21 Å². The van der Waals surface area contributed by atoms with Gasteiger partial charge in [-0.05, 0) is 38.8 Å². The topological polar surface area (TPSA) is 30.2 Å². The lowest BCUT2D eigenvalue weighted by atomic mass is 10.1. The molecule has 0 spiro atoms. The number of rotatable bonds is 5. The molecule has 0 saturated carbocycles. The molecule has 1 aromatic heterocycles. The maximum atomic E-state index is 10.6. The van der Waals surface area contributed by atoms with Crippen molar-refractivity contribution in [3.8, 4) is 0 Å². The molecule has 0 amide bonds. The molecule has 0 saturated heterocycles. The average molecular weight is 180 g/mol. The average Bonchev–Trinajstić information content (AvgIpc) is 2.45. The maximum absolute atomic E-state index is 10.6. The van der Waals surface area contributed by atoms with Gasteiger partial charge in [-0.2, -0.15) is 0 Å². The molecule has 0 bridgehead atoms. The van der Waals surface area contributed by atoms with Gasteiger partial charge in [-0.15, -0.1) is 0 Å². The van der Waals surface area contributed by atoms with Gasteiger partial charge in [-0.1, -0.05) is 0 Å². The number of carbonyl (C=O) groups excluding carboxylic acids is 1. The Morgan fingerprint density at radius 1 is 1.38 bits per heavy atom. The largest absolute Gasteiger partial charge is 0.466 e. The van der Waals surface area contributed by atoms with Crippen LogP contribution >= 0.6 is 0 Å². The minimum absolute atomic E-state index is 0.274. The van der Waals surface area contributed by atoms with Crippen molar-refractivity contribution in [1.29, 1.82) is 0 Å². The number of aryl methyl sites for hydroxylation is 2. The summed E-state index contributed by atoms with van der Waals surface area (Å²) in [7, 11) is 0. The van der Waals surface area contributed by atoms with Crippen LogP contribution in [0.3, 0.4) is 0 Å². The summed E-state index contributed by atoms with van der Waals surface area (Å²) >= 11 is 0. The fourth-order valence-electron chi connectivity index (χ4n) is 1.29. The summed E-state index contributed by atoms with van der Waals surface area (Å²) in [5.41, 5.74) is 0. The van der Waals surface area contributed by atoms with E-state index in [1.165, 1.54) is 0 Å². The molecule has 0 aliphatic rings. The van der Waals surface area contributed by atoms with Gasteiger partial charge in [-0.3, -0.25) is 0 Å². The first-order valence-electron chi connectivity index (χ1n) is 4.73. The van der Waals surface area contributed by atoms with Crippen LogP contribution in [0.25, 0.3) is 0 Å². The number of carbonyl (C=O) groups is 1. The molecule has 2 nitrogen and oxygen atoms in total. The highest BCUT2D eigenvalue weighted by Crippen LogP contribution is 2.10. The highest BCUT2D eigenvalue weighted by molar-refractivity contribution is 5.75. The zero-order valence-electron chi connectivity index (χ0n) is 8.30. The molecule has 1 heterocycles. The Labute approximate surface area is 78.9 Å². The second-order valence-corrected chi connectivity index (χ2v) is 3.42. The summed E-state index contributed by atoms with van der Waals surface area (Å²) in [4.78, 5) is 10.6. The predicted molar refractivity (Wildman–Crippen MR) is 51.7 cm³/mol. The van der Waals surface area contributed by atoms with Crippen LogP contribution in [0.15, 0.2) is 16.5 Å². The van der Waals surface area contributed by atoms with E-state index in [9.17, 15) is 4.79 Å². The zero-order valence-corrected chi connectivity index (χ0v) is 8.30. The highest BCUT2D eigenvalue weighted by Gasteiger charge is 1.99. The Morgan fingerprint density at radius 3 is 2.69 bits per heavy atom. The number of unbranched alkanes of at least 4 members (excludes halogenated alkanes) is 1. The lowest BCUT2D eigenvalue weighted by molar-refractivity contribution is -0.117. The van der Waals surface area contributed by atoms with Crippen molar-refractivity contribution >= 4 is 5.78 Å². The second-order valence-electron chi connectivity index (χ2n) is 3.42. The van der Waals surface area contributed by atoms with Gasteiger partial charge < -0.3 is 9.21 Å². The summed E-state index contributed by atoms with van der Waals surface area (Å²) in [6, 6.07) is 3.98. The van der Waals surface area contributed by atoms with Gasteiger partial charge >= 0.3 is 0 Å². The smallest absolute Gasteiger partial charge is 0.129 e. The van der Waals surface area contributed by atoms with E-state index in [4.69, 9.17) is 4.42 Å². The molecular formula is C11H16O2. The SMILES string of the molecule is CC(=O)CCCCc1ccc(C)o1. The molecule has 2 heteroatoms. The Morgan fingerprint density at radius 2 is 2.15 bits per heavy atom. The summed E-state index contributed by atoms with van der Waals surface area (Å²) in [6.07, 6.45) is 3.64. The first-order chi connectivity index (χ1) is 6.18. The zero-order chi connectivity index (χ0) is 9.68. The lowest BCUT2D eigenvalue weighted by Crippen LogP contribution is -1.90. The summed E-state index contributed by atoms with van der Waals surface area (Å²) in [6.45, 7) is 3.58. The van der Waals surface area contributed by atoms with Gasteiger partial charge in [0.1, 0.15) is 17.3 Å². The van der Waals surface area contributed by atoms with Gasteiger partial charge in [-0.25, -0.2) is 0 Å². The number of Topliss-reactive ketones (excluding diaryl/α,β-unsaturated/α-hetero) is 1. The molecule has 0 atom stereocenters. The predicted octanol–water partition coefficient (Wildman–Crippen LogP) is 2.89. The van der Waals surface area contributed by atoms with Crippen molar-refractivity contribution in [1.82, 2.24) is 0 Å². The van der Waals surface area contributed by atoms with Crippen LogP contribution in [0.5, 0.6) is 0 Å². The van der Waals surface area contributed by atoms with Crippen LogP contribution in [-0.2, 0) is 11.2 Å². The van der Waals surface area contributed by atoms with Crippen LogP contribution in [0.4, 0.5) is 0 Å². The minimum atomic E-state index is 0.274. The lowest BCUT2D eigenvalue weighted by Gasteiger charge is -1.95. The molecule has 0 aliphatic heterocycles. The van der Waals surface area contributed by atoms with Crippen LogP contribution in [0, 0.1) is 6.92 Å². The third-order valence-corrected chi connectivity index (χ3v) is 2.00. The minimum Gasteiger partial charge on any atom is -0.466 e. The molecule has 0 aromatic carbocycles. The van der Waals surface area contributed by atoms with E-state index in [0.717, 1.165) is 30.8 Å². The highest BCUT2D eigenvalue weighted by atomic mass is 16.3. The standard InChI is InChI=1S/C11H16O2/c1-9(12)5-3-4-6-11-8-7-10(2)13-11/h7-8H,3-6H2,1-2H3. The Balaban J connectivity index is 2.16. The van der Waals surface area contributed by atoms with Gasteiger partial charge in [0.05, 0.1) is 0 Å². The molecule has 0 N–H and O–H groups in total. The van der Waals surface area contributed by atoms with Crippen LogP contribution in [0.1, 0.15) is 37.7 Å². The van der Waals surface area contributed by atoms with Crippen LogP contribution < -0.4 is 0 Å². The first-order valence-corrected chi connectivity index (χ1v) is 4.73. The van der Waals surface area contributed by atoms with E-state index in [2.05, 4.69) is 0 Å². The number of hydrogen-bond acceptors (Lipinski definition) is 2. The molecule has 1 aromatic rings. The molecule has 0 unspecified atom stereocenters. The molecular weight excluding hydrogens is 164 g/mol. The maximum Gasteiger partial charge on any atom is 0.129 e. The summed E-state index contributed by atoms with van der Waals surface area (Å²) in [5.74, 6) is 2.26. The monoisotopic (exact) mass is 180 g/mol. The summed E-state index contributed by atoms with van der Waals surface area (Å²) < 4.78 is 5.41. The summed E-state index contributed by atoms with van der Waals surface area (Å²) in [5, 5.41) is 0. The van der Waals surface area contributed by atoms with Crippen molar-refractivity contribution in [3.63, 3.8) is 0 Å². The van der Waals surface area contributed by atoms with Crippen LogP contribution in [0.2, 0.25) is 0 Å². The van der Waals surface area contributed by atoms with E-state index in [-0.39, 0.29) is 5.78 Å². The molecule has 13 heavy (non-hydrogen) atoms. The number of furan rings is 1. The molecule has 1 rings (SSSR count). The van der Waals surface area contributed by atoms with Gasteiger partial charge in [0.15, 0.2) is 0 Å². The third-order valence-electron chi connectivity index (χ3n) is 2.00. The normalized spacial score (nSPS) is 10.3. The fourth-order valence-corrected chi connectivity index (χ4v) is 1.29. The first kappa shape index (κ1) is 10.0. The van der Waals surface area contributed by atoms with Crippen molar-refractivity contribution in [2.75, 3.05) is 0 Å². The molecule has 0 fully saturated rings. The molecule has 72 valence electrons. The van der Waals surface area contributed by atoms with E-state index in [1.54, 1.807) is 6.92 Å². The Kier molecular flexibility index (Phi) is 3.74. The number of hydrogen-bond donors (Lipinski definition) is 0. The Bertz CT molecular complexity index is 273. The quantitative estimate of drug-likeness (QED) is 0.652. The van der Waals surface area contributed by atoms with Gasteiger partial charge in [0.2, 0.25) is 0 Å². The molecule has 0 aliphatic carbocycles. The number of ketones is 1. The van der Waals surface area contributed by atoms with Gasteiger partial charge in [0, 0.05) is 12.8 Å². The Hall–Kier alpha value is -1.05. The van der Waals surface area contributed by atoms with Crippen molar-refractivity contribution in [3.05, 3.63) is 23.7 Å². The van der Waals surface area contributed by atoms with E-state index >= 15 is 0 Å².